The smallest absolute Gasteiger partial charge is 0.306 e. The van der Waals surface area contributed by atoms with Crippen LogP contribution in [0.2, 0.25) is 0 Å². The SMILES string of the molecule is CCCCCCC/C=C\C/C=C\C/C=C\CCCCCCCCCCCCCCCCC(=O)OCC(COC(=O)CCCCCCCCCCCCCC)OC(=O)CCCCCCCCCCCCCCCC. The van der Waals surface area contributed by atoms with Gasteiger partial charge in [-0.15, -0.1) is 0 Å². The van der Waals surface area contributed by atoms with Crippen LogP contribution in [0.4, 0.5) is 0 Å². The molecule has 428 valence electrons. The van der Waals surface area contributed by atoms with Gasteiger partial charge in [-0.05, 0) is 57.8 Å². The Bertz CT molecular complexity index is 1220. The lowest BCUT2D eigenvalue weighted by atomic mass is 10.0. The summed E-state index contributed by atoms with van der Waals surface area (Å²) in [6.45, 7) is 6.68. The van der Waals surface area contributed by atoms with Gasteiger partial charge in [0.25, 0.3) is 0 Å². The Morgan fingerprint density at radius 3 is 0.767 bits per heavy atom. The van der Waals surface area contributed by atoms with E-state index < -0.39 is 6.10 Å². The first kappa shape index (κ1) is 70.6. The molecule has 73 heavy (non-hydrogen) atoms. The van der Waals surface area contributed by atoms with Gasteiger partial charge >= 0.3 is 17.9 Å². The van der Waals surface area contributed by atoms with E-state index >= 15 is 0 Å². The summed E-state index contributed by atoms with van der Waals surface area (Å²) in [6, 6.07) is 0. The van der Waals surface area contributed by atoms with Crippen LogP contribution in [0, 0.1) is 0 Å². The topological polar surface area (TPSA) is 78.9 Å². The summed E-state index contributed by atoms with van der Waals surface area (Å²) < 4.78 is 16.9. The molecule has 0 spiro atoms. The number of rotatable bonds is 60. The van der Waals surface area contributed by atoms with Crippen molar-refractivity contribution in [2.45, 2.75) is 361 Å². The minimum atomic E-state index is -0.767. The summed E-state index contributed by atoms with van der Waals surface area (Å²) >= 11 is 0. The maximum absolute atomic E-state index is 12.9. The molecule has 0 heterocycles. The van der Waals surface area contributed by atoms with Crippen LogP contribution in [-0.4, -0.2) is 37.2 Å². The van der Waals surface area contributed by atoms with Gasteiger partial charge in [-0.3, -0.25) is 14.4 Å². The molecule has 0 aromatic rings. The zero-order valence-electron chi connectivity index (χ0n) is 49.2. The van der Waals surface area contributed by atoms with Crippen LogP contribution < -0.4 is 0 Å². The van der Waals surface area contributed by atoms with Crippen molar-refractivity contribution in [3.63, 3.8) is 0 Å². The van der Waals surface area contributed by atoms with Crippen molar-refractivity contribution < 1.29 is 28.6 Å². The molecule has 6 heteroatoms. The van der Waals surface area contributed by atoms with Crippen LogP contribution in [0.15, 0.2) is 36.5 Å². The molecule has 0 N–H and O–H groups in total. The van der Waals surface area contributed by atoms with E-state index in [1.807, 2.05) is 0 Å². The van der Waals surface area contributed by atoms with E-state index in [0.717, 1.165) is 70.6 Å². The minimum absolute atomic E-state index is 0.0658. The molecule has 0 aliphatic rings. The van der Waals surface area contributed by atoms with Crippen molar-refractivity contribution in [2.24, 2.45) is 0 Å². The van der Waals surface area contributed by atoms with Gasteiger partial charge in [0, 0.05) is 19.3 Å². The Balaban J connectivity index is 4.15. The molecule has 1 atom stereocenters. The molecule has 0 fully saturated rings. The Hall–Kier alpha value is -2.37. The number of carbonyl (C=O) groups is 3. The third kappa shape index (κ3) is 60.4. The summed E-state index contributed by atoms with van der Waals surface area (Å²) in [4.78, 5) is 38.2. The lowest BCUT2D eigenvalue weighted by Crippen LogP contribution is -2.30. The quantitative estimate of drug-likeness (QED) is 0.0261. The first-order valence-corrected chi connectivity index (χ1v) is 32.5. The van der Waals surface area contributed by atoms with Gasteiger partial charge in [0.05, 0.1) is 0 Å². The summed E-state index contributed by atoms with van der Waals surface area (Å²) in [7, 11) is 0. The molecular weight excluding hydrogens is 901 g/mol. The maximum atomic E-state index is 12.9. The monoisotopic (exact) mass is 1020 g/mol. The second-order valence-corrected chi connectivity index (χ2v) is 22.0. The molecule has 0 aromatic heterocycles. The predicted octanol–water partition coefficient (Wildman–Crippen LogP) is 22.0. The van der Waals surface area contributed by atoms with Crippen LogP contribution in [0.1, 0.15) is 355 Å². The summed E-state index contributed by atoms with van der Waals surface area (Å²) in [5, 5.41) is 0. The molecule has 0 saturated heterocycles. The standard InChI is InChI=1S/C67H124O6/c1-4-7-10-13-16-19-22-25-27-28-29-30-31-32-33-34-35-36-37-38-39-40-41-43-45-48-51-54-57-60-66(69)72-63-64(62-71-65(68)59-56-53-50-47-44-24-21-18-15-12-9-6-3)73-67(70)61-58-55-52-49-46-42-26-23-20-17-14-11-8-5-2/h22,25,28-29,31-32,64H,4-21,23-24,26-27,30,33-63H2,1-3H3/b25-22-,29-28-,32-31-. The number of esters is 3. The van der Waals surface area contributed by atoms with Crippen molar-refractivity contribution in [1.29, 1.82) is 0 Å². The number of ether oxygens (including phenoxy) is 3. The zero-order chi connectivity index (χ0) is 52.9. The number of unbranched alkanes of at least 4 members (excludes halogenated alkanes) is 43. The first-order chi connectivity index (χ1) is 36.0. The molecule has 6 nitrogen and oxygen atoms in total. The molecule has 0 aromatic carbocycles. The number of carbonyl (C=O) groups excluding carboxylic acids is 3. The highest BCUT2D eigenvalue weighted by atomic mass is 16.6. The molecule has 0 saturated carbocycles. The highest BCUT2D eigenvalue weighted by molar-refractivity contribution is 5.71. The van der Waals surface area contributed by atoms with E-state index in [1.165, 1.54) is 244 Å². The van der Waals surface area contributed by atoms with Gasteiger partial charge in [0.1, 0.15) is 13.2 Å². The van der Waals surface area contributed by atoms with E-state index in [0.29, 0.717) is 19.3 Å². The summed E-state index contributed by atoms with van der Waals surface area (Å²) in [5.74, 6) is -0.843. The van der Waals surface area contributed by atoms with Gasteiger partial charge in [0.2, 0.25) is 0 Å². The lowest BCUT2D eigenvalue weighted by Gasteiger charge is -2.18. The van der Waals surface area contributed by atoms with Crippen molar-refractivity contribution >= 4 is 17.9 Å². The lowest BCUT2D eigenvalue weighted by molar-refractivity contribution is -0.167. The Labute approximate surface area is 455 Å². The van der Waals surface area contributed by atoms with E-state index in [9.17, 15) is 14.4 Å². The van der Waals surface area contributed by atoms with Gasteiger partial charge in [-0.25, -0.2) is 0 Å². The number of hydrogen-bond acceptors (Lipinski definition) is 6. The van der Waals surface area contributed by atoms with Gasteiger partial charge in [-0.1, -0.05) is 314 Å². The van der Waals surface area contributed by atoms with E-state index in [-0.39, 0.29) is 31.1 Å². The summed E-state index contributed by atoms with van der Waals surface area (Å²) in [5.41, 5.74) is 0. The van der Waals surface area contributed by atoms with Crippen LogP contribution in [-0.2, 0) is 28.6 Å². The van der Waals surface area contributed by atoms with Crippen molar-refractivity contribution in [3.8, 4) is 0 Å². The van der Waals surface area contributed by atoms with Gasteiger partial charge < -0.3 is 14.2 Å². The average Bonchev–Trinajstić information content (AvgIpc) is 3.39. The van der Waals surface area contributed by atoms with E-state index in [2.05, 4.69) is 57.2 Å². The molecule has 0 aliphatic carbocycles. The van der Waals surface area contributed by atoms with Gasteiger partial charge in [-0.2, -0.15) is 0 Å². The van der Waals surface area contributed by atoms with E-state index in [4.69, 9.17) is 14.2 Å². The predicted molar refractivity (Wildman–Crippen MR) is 316 cm³/mol. The molecule has 0 amide bonds. The first-order valence-electron chi connectivity index (χ1n) is 32.5. The fourth-order valence-electron chi connectivity index (χ4n) is 9.75. The largest absolute Gasteiger partial charge is 0.462 e. The second kappa shape index (κ2) is 62.2. The summed E-state index contributed by atoms with van der Waals surface area (Å²) in [6.07, 6.45) is 75.9. The highest BCUT2D eigenvalue weighted by Gasteiger charge is 2.19. The fraction of sp³-hybridized carbons (Fsp3) is 0.866. The average molecular weight is 1030 g/mol. The minimum Gasteiger partial charge on any atom is -0.462 e. The van der Waals surface area contributed by atoms with Crippen LogP contribution >= 0.6 is 0 Å². The molecule has 0 rings (SSSR count). The van der Waals surface area contributed by atoms with Crippen molar-refractivity contribution in [1.82, 2.24) is 0 Å². The Morgan fingerprint density at radius 2 is 0.493 bits per heavy atom. The van der Waals surface area contributed by atoms with Crippen LogP contribution in [0.25, 0.3) is 0 Å². The Kier molecular flexibility index (Phi) is 60.2. The molecule has 0 aliphatic heterocycles. The fourth-order valence-corrected chi connectivity index (χ4v) is 9.75. The third-order valence-electron chi connectivity index (χ3n) is 14.6. The van der Waals surface area contributed by atoms with Crippen molar-refractivity contribution in [3.05, 3.63) is 36.5 Å². The van der Waals surface area contributed by atoms with Crippen molar-refractivity contribution in [2.75, 3.05) is 13.2 Å². The highest BCUT2D eigenvalue weighted by Crippen LogP contribution is 2.18. The molecular formula is C67H124O6. The molecule has 0 bridgehead atoms. The molecule has 0 radical (unpaired) electrons. The number of allylic oxidation sites excluding steroid dienone is 6. The second-order valence-electron chi connectivity index (χ2n) is 22.0. The third-order valence-corrected chi connectivity index (χ3v) is 14.6. The van der Waals surface area contributed by atoms with E-state index in [1.54, 1.807) is 0 Å². The van der Waals surface area contributed by atoms with Crippen LogP contribution in [0.5, 0.6) is 0 Å². The Morgan fingerprint density at radius 1 is 0.274 bits per heavy atom. The number of hydrogen-bond donors (Lipinski definition) is 0. The maximum Gasteiger partial charge on any atom is 0.306 e. The normalized spacial score (nSPS) is 12.2. The molecule has 1 unspecified atom stereocenters. The zero-order valence-corrected chi connectivity index (χ0v) is 49.2. The van der Waals surface area contributed by atoms with Gasteiger partial charge in [0.15, 0.2) is 6.10 Å². The van der Waals surface area contributed by atoms with Crippen LogP contribution in [0.3, 0.4) is 0 Å².